The minimum atomic E-state index is -4.20. The van der Waals surface area contributed by atoms with Crippen molar-refractivity contribution in [1.29, 1.82) is 0 Å². The number of hydrogen-bond acceptors (Lipinski definition) is 7. The number of rotatable bonds is 11. The smallest absolute Gasteiger partial charge is 0.243 e. The van der Waals surface area contributed by atoms with Gasteiger partial charge in [-0.3, -0.25) is 4.79 Å². The molecule has 2 atom stereocenters. The lowest BCUT2D eigenvalue weighted by Gasteiger charge is -2.29. The maximum absolute atomic E-state index is 13.6. The molecule has 1 heterocycles. The lowest BCUT2D eigenvalue weighted by Crippen LogP contribution is -2.41. The highest BCUT2D eigenvalue weighted by molar-refractivity contribution is 7.89. The molecule has 39 heavy (non-hydrogen) atoms. The molecule has 2 N–H and O–H groups in total. The van der Waals surface area contributed by atoms with Crippen molar-refractivity contribution in [3.8, 4) is 5.75 Å². The summed E-state index contributed by atoms with van der Waals surface area (Å²) >= 11 is 0. The van der Waals surface area contributed by atoms with Gasteiger partial charge >= 0.3 is 0 Å². The van der Waals surface area contributed by atoms with Gasteiger partial charge in [0.15, 0.2) is 0 Å². The van der Waals surface area contributed by atoms with Crippen LogP contribution in [-0.4, -0.2) is 46.7 Å². The third-order valence-electron chi connectivity index (χ3n) is 6.80. The molecule has 2 aromatic carbocycles. The lowest BCUT2D eigenvalue weighted by molar-refractivity contribution is -0.116. The van der Waals surface area contributed by atoms with Crippen LogP contribution in [0.1, 0.15) is 38.4 Å². The van der Waals surface area contributed by atoms with Crippen molar-refractivity contribution < 1.29 is 30.8 Å². The average molecular weight is 576 g/mol. The quantitative estimate of drug-likeness (QED) is 0.353. The van der Waals surface area contributed by atoms with Crippen molar-refractivity contribution in [2.45, 2.75) is 55.0 Å². The number of sulfonamides is 2. The van der Waals surface area contributed by atoms with E-state index >= 15 is 0 Å². The molecule has 0 saturated heterocycles. The van der Waals surface area contributed by atoms with E-state index in [0.29, 0.717) is 17.2 Å². The second-order valence-electron chi connectivity index (χ2n) is 9.59. The minimum absolute atomic E-state index is 0.0194. The van der Waals surface area contributed by atoms with Gasteiger partial charge in [0, 0.05) is 11.7 Å². The molecule has 1 aliphatic carbocycles. The van der Waals surface area contributed by atoms with Crippen LogP contribution in [0.2, 0.25) is 0 Å². The zero-order valence-electron chi connectivity index (χ0n) is 21.9. The van der Waals surface area contributed by atoms with Crippen molar-refractivity contribution in [2.75, 3.05) is 19.0 Å². The summed E-state index contributed by atoms with van der Waals surface area (Å²) in [6.07, 6.45) is 5.19. The number of anilines is 1. The molecule has 0 bridgehead atoms. The Bertz CT molecular complexity index is 1450. The molecule has 210 valence electrons. The SMILES string of the molecule is COc1ccc(NC(=O)CN(Cc2ccco2)S(=O)(=O)c2ccc(S(=O)(=O)N[C@@H]3CCCC[C@H]3C)cc2)cc1. The Morgan fingerprint density at radius 1 is 0.974 bits per heavy atom. The van der Waals surface area contributed by atoms with Crippen molar-refractivity contribution >= 4 is 31.6 Å². The van der Waals surface area contributed by atoms with Crippen molar-refractivity contribution in [3.63, 3.8) is 0 Å². The zero-order valence-corrected chi connectivity index (χ0v) is 23.5. The standard InChI is InChI=1S/C27H33N3O7S2/c1-20-6-3-4-8-26(20)29-38(32,33)24-13-15-25(16-14-24)39(34,35)30(18-23-7-5-17-37-23)19-27(31)28-21-9-11-22(36-2)12-10-21/h5,7,9-17,20,26,29H,3-4,6,8,18-19H2,1-2H3,(H,28,31)/t20-,26-/m1/s1. The van der Waals surface area contributed by atoms with E-state index in [2.05, 4.69) is 10.0 Å². The highest BCUT2D eigenvalue weighted by Crippen LogP contribution is 2.26. The Morgan fingerprint density at radius 2 is 1.64 bits per heavy atom. The molecule has 1 saturated carbocycles. The van der Waals surface area contributed by atoms with E-state index in [1.54, 1.807) is 36.4 Å². The van der Waals surface area contributed by atoms with Gasteiger partial charge in [0.1, 0.15) is 11.5 Å². The van der Waals surface area contributed by atoms with Crippen molar-refractivity contribution in [2.24, 2.45) is 5.92 Å². The summed E-state index contributed by atoms with van der Waals surface area (Å²) in [5.74, 6) is 0.637. The maximum Gasteiger partial charge on any atom is 0.243 e. The maximum atomic E-state index is 13.6. The van der Waals surface area contributed by atoms with Gasteiger partial charge in [0.2, 0.25) is 26.0 Å². The lowest BCUT2D eigenvalue weighted by atomic mass is 9.87. The Hall–Kier alpha value is -3.19. The first-order chi connectivity index (χ1) is 18.6. The fourth-order valence-electron chi connectivity index (χ4n) is 4.54. The number of nitrogens with zero attached hydrogens (tertiary/aromatic N) is 1. The monoisotopic (exact) mass is 575 g/mol. The predicted octanol–water partition coefficient (Wildman–Crippen LogP) is 3.97. The van der Waals surface area contributed by atoms with Gasteiger partial charge < -0.3 is 14.5 Å². The second-order valence-corrected chi connectivity index (χ2v) is 13.2. The summed E-state index contributed by atoms with van der Waals surface area (Å²) in [6, 6.07) is 14.7. The van der Waals surface area contributed by atoms with E-state index in [4.69, 9.17) is 9.15 Å². The van der Waals surface area contributed by atoms with Crippen LogP contribution in [0.3, 0.4) is 0 Å². The molecular formula is C27H33N3O7S2. The van der Waals surface area contributed by atoms with Gasteiger partial charge in [-0.15, -0.1) is 0 Å². The molecule has 0 aliphatic heterocycles. The van der Waals surface area contributed by atoms with Crippen LogP contribution in [0.4, 0.5) is 5.69 Å². The number of carbonyl (C=O) groups excluding carboxylic acids is 1. The fraction of sp³-hybridized carbons (Fsp3) is 0.370. The Morgan fingerprint density at radius 3 is 2.26 bits per heavy atom. The number of methoxy groups -OCH3 is 1. The number of benzene rings is 2. The topological polar surface area (TPSA) is 135 Å². The number of ether oxygens (including phenoxy) is 1. The first-order valence-electron chi connectivity index (χ1n) is 12.7. The largest absolute Gasteiger partial charge is 0.497 e. The molecule has 4 rings (SSSR count). The third kappa shape index (κ3) is 7.27. The van der Waals surface area contributed by atoms with Crippen molar-refractivity contribution in [1.82, 2.24) is 9.03 Å². The number of amides is 1. The van der Waals surface area contributed by atoms with Gasteiger partial charge in [-0.1, -0.05) is 19.8 Å². The van der Waals surface area contributed by atoms with Gasteiger partial charge in [-0.2, -0.15) is 4.31 Å². The van der Waals surface area contributed by atoms with Gasteiger partial charge in [-0.05, 0) is 79.4 Å². The third-order valence-corrected chi connectivity index (χ3v) is 10.1. The van der Waals surface area contributed by atoms with E-state index in [9.17, 15) is 21.6 Å². The predicted molar refractivity (Wildman–Crippen MR) is 146 cm³/mol. The van der Waals surface area contributed by atoms with Crippen LogP contribution >= 0.6 is 0 Å². The molecule has 0 radical (unpaired) electrons. The molecule has 0 spiro atoms. The summed E-state index contributed by atoms with van der Waals surface area (Å²) in [5.41, 5.74) is 0.477. The molecule has 10 nitrogen and oxygen atoms in total. The summed E-state index contributed by atoms with van der Waals surface area (Å²) in [7, 11) is -6.49. The number of carbonyl (C=O) groups is 1. The Balaban J connectivity index is 1.52. The second kappa shape index (κ2) is 12.3. The Kier molecular flexibility index (Phi) is 9.11. The van der Waals surface area contributed by atoms with Crippen LogP contribution in [0.25, 0.3) is 0 Å². The average Bonchev–Trinajstić information content (AvgIpc) is 3.43. The van der Waals surface area contributed by atoms with E-state index in [1.165, 1.54) is 37.6 Å². The summed E-state index contributed by atoms with van der Waals surface area (Å²) in [6.45, 7) is 1.35. The van der Waals surface area contributed by atoms with Crippen LogP contribution in [0.15, 0.2) is 81.1 Å². The molecule has 12 heteroatoms. The highest BCUT2D eigenvalue weighted by Gasteiger charge is 2.30. The Labute approximate surface area is 229 Å². The van der Waals surface area contributed by atoms with Gasteiger partial charge in [-0.25, -0.2) is 21.6 Å². The molecule has 3 aromatic rings. The van der Waals surface area contributed by atoms with E-state index < -0.39 is 32.5 Å². The number of furan rings is 1. The molecule has 1 fully saturated rings. The van der Waals surface area contributed by atoms with E-state index in [-0.39, 0.29) is 28.3 Å². The molecule has 0 unspecified atom stereocenters. The first-order valence-corrected chi connectivity index (χ1v) is 15.6. The normalized spacial score (nSPS) is 18.1. The molecule has 1 aromatic heterocycles. The number of hydrogen-bond donors (Lipinski definition) is 2. The van der Waals surface area contributed by atoms with Crippen LogP contribution in [-0.2, 0) is 31.4 Å². The van der Waals surface area contributed by atoms with Gasteiger partial charge in [0.25, 0.3) is 0 Å². The summed E-state index contributed by atoms with van der Waals surface area (Å²) in [5, 5.41) is 2.68. The molecule has 1 aliphatic rings. The number of nitrogens with one attached hydrogen (secondary N) is 2. The van der Waals surface area contributed by atoms with E-state index in [0.717, 1.165) is 30.0 Å². The zero-order chi connectivity index (χ0) is 28.0. The summed E-state index contributed by atoms with van der Waals surface area (Å²) in [4.78, 5) is 12.7. The minimum Gasteiger partial charge on any atom is -0.497 e. The van der Waals surface area contributed by atoms with Crippen LogP contribution in [0.5, 0.6) is 5.75 Å². The van der Waals surface area contributed by atoms with Gasteiger partial charge in [0.05, 0.1) is 36.3 Å². The summed E-state index contributed by atoms with van der Waals surface area (Å²) < 4.78 is 67.3. The first kappa shape index (κ1) is 28.8. The van der Waals surface area contributed by atoms with Crippen LogP contribution in [0, 0.1) is 5.92 Å². The molecule has 1 amide bonds. The van der Waals surface area contributed by atoms with Crippen LogP contribution < -0.4 is 14.8 Å². The highest BCUT2D eigenvalue weighted by atomic mass is 32.2. The molecular weight excluding hydrogens is 542 g/mol. The fourth-order valence-corrected chi connectivity index (χ4v) is 7.28. The van der Waals surface area contributed by atoms with E-state index in [1.807, 2.05) is 6.92 Å². The van der Waals surface area contributed by atoms with Crippen molar-refractivity contribution in [3.05, 3.63) is 72.7 Å².